The van der Waals surface area contributed by atoms with Crippen LogP contribution in [-0.4, -0.2) is 107 Å². The Morgan fingerprint density at radius 3 is 2.62 bits per heavy atom. The lowest BCUT2D eigenvalue weighted by molar-refractivity contribution is -0.148. The van der Waals surface area contributed by atoms with Crippen LogP contribution in [0.25, 0.3) is 22.2 Å². The van der Waals surface area contributed by atoms with Crippen molar-refractivity contribution in [2.24, 2.45) is 11.8 Å². The number of alkyl halides is 2. The first-order chi connectivity index (χ1) is 29.2. The summed E-state index contributed by atoms with van der Waals surface area (Å²) in [7, 11) is -2.37. The Morgan fingerprint density at radius 2 is 1.89 bits per heavy atom. The van der Waals surface area contributed by atoms with Crippen molar-refractivity contribution < 1.29 is 45.9 Å². The number of likely N-dealkylation sites (tertiary alicyclic amines) is 1. The van der Waals surface area contributed by atoms with E-state index in [-0.39, 0.29) is 45.2 Å². The molecular weight excluding hydrogens is 811 g/mol. The number of methoxy groups -OCH3 is 1. The average Bonchev–Trinajstić information content (AvgIpc) is 4.16. The van der Waals surface area contributed by atoms with Gasteiger partial charge in [-0.05, 0) is 76.1 Å². The zero-order chi connectivity index (χ0) is 43.1. The molecule has 17 heteroatoms. The molecule has 0 radical (unpaired) electrons. The normalized spacial score (nSPS) is 27.5. The van der Waals surface area contributed by atoms with Gasteiger partial charge in [0, 0.05) is 72.6 Å². The van der Waals surface area contributed by atoms with Crippen LogP contribution in [-0.2, 0) is 29.2 Å². The van der Waals surface area contributed by atoms with Crippen LogP contribution >= 0.6 is 0 Å². The quantitative estimate of drug-likeness (QED) is 0.271. The number of ether oxygens (including phenoxy) is 2. The molecule has 1 aromatic carbocycles. The van der Waals surface area contributed by atoms with E-state index >= 15 is 0 Å². The van der Waals surface area contributed by atoms with Gasteiger partial charge in [0.15, 0.2) is 0 Å². The summed E-state index contributed by atoms with van der Waals surface area (Å²) >= 11 is 0. The molecule has 2 N–H and O–H groups in total. The molecule has 4 fully saturated rings. The van der Waals surface area contributed by atoms with Crippen LogP contribution in [0, 0.1) is 18.8 Å². The molecule has 5 heterocycles. The van der Waals surface area contributed by atoms with Gasteiger partial charge in [-0.15, -0.1) is 0 Å². The van der Waals surface area contributed by atoms with Crippen LogP contribution in [0.2, 0.25) is 0 Å². The fourth-order valence-electron chi connectivity index (χ4n) is 9.04. The molecule has 2 saturated heterocycles. The number of piperidine rings is 1. The third-order valence-electron chi connectivity index (χ3n) is 12.7. The van der Waals surface area contributed by atoms with E-state index in [0.29, 0.717) is 66.6 Å². The largest absolute Gasteiger partial charge is 0.496 e. The third kappa shape index (κ3) is 9.07. The van der Waals surface area contributed by atoms with Crippen molar-refractivity contribution in [1.29, 1.82) is 0 Å². The number of hydrogen-bond donors (Lipinski definition) is 2. The van der Waals surface area contributed by atoms with Crippen LogP contribution in [0.4, 0.5) is 8.78 Å². The number of benzene rings is 1. The fraction of sp³-hybridized carbons (Fsp3) is 0.545. The number of allylic oxidation sites excluding steroid dienone is 1. The van der Waals surface area contributed by atoms with Crippen molar-refractivity contribution in [1.82, 2.24) is 29.8 Å². The van der Waals surface area contributed by atoms with Gasteiger partial charge in [0.2, 0.25) is 27.7 Å². The lowest BCUT2D eigenvalue weighted by Gasteiger charge is -2.34. The van der Waals surface area contributed by atoms with Crippen molar-refractivity contribution in [3.63, 3.8) is 0 Å². The van der Waals surface area contributed by atoms with Gasteiger partial charge in [-0.2, -0.15) is 0 Å². The number of aromatic nitrogens is 2. The summed E-state index contributed by atoms with van der Waals surface area (Å²) in [6.07, 6.45) is 9.90. The van der Waals surface area contributed by atoms with Gasteiger partial charge in [-0.3, -0.25) is 28.9 Å². The van der Waals surface area contributed by atoms with Gasteiger partial charge in [-0.1, -0.05) is 25.0 Å². The Hall–Kier alpha value is -5.19. The molecule has 5 atom stereocenters. The summed E-state index contributed by atoms with van der Waals surface area (Å²) in [5, 5.41) is 2.88. The molecule has 326 valence electrons. The summed E-state index contributed by atoms with van der Waals surface area (Å²) < 4.78 is 69.4. The molecule has 8 rings (SSSR count). The number of carbonyl (C=O) groups is 4. The van der Waals surface area contributed by atoms with E-state index < -0.39 is 80.9 Å². The monoisotopic (exact) mass is 862 g/mol. The van der Waals surface area contributed by atoms with E-state index in [9.17, 15) is 36.4 Å². The molecule has 14 nitrogen and oxygen atoms in total. The first kappa shape index (κ1) is 42.5. The van der Waals surface area contributed by atoms with Crippen LogP contribution in [0.15, 0.2) is 54.9 Å². The second-order valence-corrected chi connectivity index (χ2v) is 19.2. The number of halogens is 2. The van der Waals surface area contributed by atoms with E-state index in [1.165, 1.54) is 4.90 Å². The van der Waals surface area contributed by atoms with Crippen LogP contribution in [0.1, 0.15) is 82.6 Å². The van der Waals surface area contributed by atoms with Crippen molar-refractivity contribution in [2.45, 2.75) is 113 Å². The van der Waals surface area contributed by atoms with E-state index in [1.54, 1.807) is 37.7 Å². The molecule has 0 unspecified atom stereocenters. The van der Waals surface area contributed by atoms with Crippen molar-refractivity contribution in [2.75, 3.05) is 26.7 Å². The van der Waals surface area contributed by atoms with Crippen molar-refractivity contribution >= 4 is 44.6 Å². The van der Waals surface area contributed by atoms with Gasteiger partial charge in [-0.25, -0.2) is 22.2 Å². The van der Waals surface area contributed by atoms with Gasteiger partial charge < -0.3 is 24.6 Å². The minimum absolute atomic E-state index is 0.00363. The number of fused-ring (bicyclic) bond motifs is 3. The maximum absolute atomic E-state index is 14.9. The van der Waals surface area contributed by atoms with Crippen LogP contribution in [0.5, 0.6) is 11.5 Å². The standard InChI is InChI=1S/C44H52F2N6O8S/c1-27-36(59-2)16-15-33-37(22-34(48-39(27)33)29-11-8-18-47-24-29)60-31-21-35-40(54)49-44(42(56)50-61(57,58)32-13-14-32)23-30(44)12-7-5-3-4-6-10-28(41(55)52(35)25-31)20-38(53)51-19-9-17-43(45,46)26-51/h7-8,11-12,15-16,18,22,24,28,30-32,35H,3-6,9-10,13-14,17,19-21,23,25-26H2,1-2H3,(H,49,54)(H,50,56)/b12-7-/t28-,30-,31-,35+,44-/m1/s1. The predicted octanol–water partition coefficient (Wildman–Crippen LogP) is 5.23. The zero-order valence-electron chi connectivity index (χ0n) is 34.4. The Balaban J connectivity index is 1.14. The first-order valence-electron chi connectivity index (χ1n) is 21.2. The van der Waals surface area contributed by atoms with Gasteiger partial charge in [0.1, 0.15) is 29.2 Å². The molecule has 0 spiro atoms. The maximum atomic E-state index is 14.9. The lowest BCUT2D eigenvalue weighted by atomic mass is 9.94. The van der Waals surface area contributed by atoms with E-state index in [2.05, 4.69) is 15.0 Å². The smallest absolute Gasteiger partial charge is 0.265 e. The van der Waals surface area contributed by atoms with Gasteiger partial charge >= 0.3 is 0 Å². The number of nitrogens with one attached hydrogen (secondary N) is 2. The molecule has 3 aliphatic heterocycles. The Labute approximate surface area is 353 Å². The molecule has 5 aliphatic rings. The lowest BCUT2D eigenvalue weighted by Crippen LogP contribution is -2.57. The van der Waals surface area contributed by atoms with Crippen molar-refractivity contribution in [3.8, 4) is 22.8 Å². The van der Waals surface area contributed by atoms with E-state index in [4.69, 9.17) is 14.5 Å². The van der Waals surface area contributed by atoms with Gasteiger partial charge in [0.25, 0.3) is 11.8 Å². The SMILES string of the molecule is COc1ccc2c(O[C@@H]3C[C@H]4C(=O)N[C@]5(C(=O)NS(=O)(=O)C6CC6)C[C@H]5/C=C\CCCCC[C@H](CC(=O)N5CCCC(F)(F)C5)C(=O)N4C3)cc(-c3cccnc3)nc2c1C. The van der Waals surface area contributed by atoms with E-state index in [0.717, 1.165) is 22.4 Å². The number of hydrogen-bond acceptors (Lipinski definition) is 10. The zero-order valence-corrected chi connectivity index (χ0v) is 35.2. The second-order valence-electron chi connectivity index (χ2n) is 17.2. The third-order valence-corrected chi connectivity index (χ3v) is 14.6. The molecule has 0 bridgehead atoms. The number of sulfonamides is 1. The molecule has 61 heavy (non-hydrogen) atoms. The van der Waals surface area contributed by atoms with E-state index in [1.807, 2.05) is 31.2 Å². The molecular formula is C44H52F2N6O8S. The second kappa shape index (κ2) is 16.9. The Bertz CT molecular complexity index is 2340. The molecule has 2 aliphatic carbocycles. The van der Waals surface area contributed by atoms with Crippen LogP contribution < -0.4 is 19.5 Å². The molecule has 2 aromatic heterocycles. The average molecular weight is 863 g/mol. The summed E-state index contributed by atoms with van der Waals surface area (Å²) in [6, 6.07) is 7.89. The molecule has 2 saturated carbocycles. The maximum Gasteiger partial charge on any atom is 0.265 e. The number of nitrogens with zero attached hydrogens (tertiary/aromatic N) is 4. The predicted molar refractivity (Wildman–Crippen MR) is 221 cm³/mol. The molecule has 3 aromatic rings. The number of pyridine rings is 2. The topological polar surface area (TPSA) is 177 Å². The minimum atomic E-state index is -3.94. The fourth-order valence-corrected chi connectivity index (χ4v) is 10.4. The highest BCUT2D eigenvalue weighted by Gasteiger charge is 2.62. The van der Waals surface area contributed by atoms with Crippen molar-refractivity contribution in [3.05, 3.63) is 60.4 Å². The van der Waals surface area contributed by atoms with Gasteiger partial charge in [0.05, 0.1) is 36.7 Å². The number of carbonyl (C=O) groups excluding carboxylic acids is 4. The summed E-state index contributed by atoms with van der Waals surface area (Å²) in [5.74, 6) is -5.89. The highest BCUT2D eigenvalue weighted by molar-refractivity contribution is 7.91. The highest BCUT2D eigenvalue weighted by Crippen LogP contribution is 2.46. The van der Waals surface area contributed by atoms with Crippen LogP contribution in [0.3, 0.4) is 0 Å². The minimum Gasteiger partial charge on any atom is -0.496 e. The summed E-state index contributed by atoms with van der Waals surface area (Å²) in [4.78, 5) is 68.8. The first-order valence-corrected chi connectivity index (χ1v) is 22.8. The summed E-state index contributed by atoms with van der Waals surface area (Å²) in [5.41, 5.74) is 1.11. The summed E-state index contributed by atoms with van der Waals surface area (Å²) in [6.45, 7) is 1.27. The molecule has 4 amide bonds. The Kier molecular flexibility index (Phi) is 11.8. The Morgan fingerprint density at radius 1 is 1.07 bits per heavy atom. The number of aryl methyl sites for hydroxylation is 1. The number of rotatable bonds is 9. The number of amides is 4. The highest BCUT2D eigenvalue weighted by atomic mass is 32.2.